The van der Waals surface area contributed by atoms with Crippen LogP contribution in [0, 0.1) is 11.3 Å². The minimum absolute atomic E-state index is 0.345. The predicted octanol–water partition coefficient (Wildman–Crippen LogP) is 4.24. The van der Waals surface area contributed by atoms with Gasteiger partial charge in [-0.05, 0) is 30.3 Å². The van der Waals surface area contributed by atoms with E-state index in [1.807, 2.05) is 6.07 Å². The number of amides is 1. The molecule has 2 aromatic carbocycles. The largest absolute Gasteiger partial charge is 0.495 e. The Morgan fingerprint density at radius 2 is 2.10 bits per heavy atom. The van der Waals surface area contributed by atoms with Gasteiger partial charge in [-0.1, -0.05) is 27.5 Å². The number of hydrogen-bond acceptors (Lipinski definition) is 3. The number of nitrogens with zero attached hydrogens (tertiary/aromatic N) is 1. The number of rotatable bonds is 3. The summed E-state index contributed by atoms with van der Waals surface area (Å²) in [7, 11) is 1.47. The van der Waals surface area contributed by atoms with Crippen LogP contribution in [0.3, 0.4) is 0 Å². The van der Waals surface area contributed by atoms with Crippen LogP contribution in [0.1, 0.15) is 15.9 Å². The molecule has 4 nitrogen and oxygen atoms in total. The van der Waals surface area contributed by atoms with Gasteiger partial charge in [-0.3, -0.25) is 4.79 Å². The molecule has 1 N–H and O–H groups in total. The van der Waals surface area contributed by atoms with Crippen LogP contribution in [0.4, 0.5) is 5.69 Å². The zero-order valence-electron chi connectivity index (χ0n) is 11.0. The molecule has 1 amide bonds. The topological polar surface area (TPSA) is 62.1 Å². The minimum atomic E-state index is -0.357. The second-order valence-corrected chi connectivity index (χ2v) is 5.43. The lowest BCUT2D eigenvalue weighted by atomic mass is 10.1. The number of ether oxygens (including phenoxy) is 1. The van der Waals surface area contributed by atoms with Gasteiger partial charge in [0.25, 0.3) is 5.91 Å². The highest BCUT2D eigenvalue weighted by Crippen LogP contribution is 2.27. The van der Waals surface area contributed by atoms with Crippen molar-refractivity contribution in [1.82, 2.24) is 0 Å². The highest BCUT2D eigenvalue weighted by atomic mass is 79.9. The third-order valence-corrected chi connectivity index (χ3v) is 3.57. The van der Waals surface area contributed by atoms with Crippen molar-refractivity contribution in [2.75, 3.05) is 12.4 Å². The first-order valence-corrected chi connectivity index (χ1v) is 7.07. The average molecular weight is 366 g/mol. The molecule has 0 unspecified atom stereocenters. The maximum atomic E-state index is 12.3. The Balaban J connectivity index is 2.32. The van der Waals surface area contributed by atoms with Crippen LogP contribution in [0.25, 0.3) is 0 Å². The van der Waals surface area contributed by atoms with Crippen molar-refractivity contribution < 1.29 is 9.53 Å². The lowest BCUT2D eigenvalue weighted by Gasteiger charge is -2.11. The van der Waals surface area contributed by atoms with Crippen molar-refractivity contribution in [1.29, 1.82) is 5.26 Å². The number of halogens is 2. The summed E-state index contributed by atoms with van der Waals surface area (Å²) in [5, 5.41) is 11.9. The number of benzene rings is 2. The van der Waals surface area contributed by atoms with Crippen LogP contribution in [0.5, 0.6) is 5.75 Å². The summed E-state index contributed by atoms with van der Waals surface area (Å²) in [6, 6.07) is 11.8. The van der Waals surface area contributed by atoms with Crippen LogP contribution in [0.15, 0.2) is 40.9 Å². The first kappa shape index (κ1) is 15.4. The van der Waals surface area contributed by atoms with E-state index in [4.69, 9.17) is 21.6 Å². The number of methoxy groups -OCH3 is 1. The van der Waals surface area contributed by atoms with Crippen LogP contribution in [-0.2, 0) is 0 Å². The molecule has 0 fully saturated rings. The van der Waals surface area contributed by atoms with E-state index in [9.17, 15) is 4.79 Å². The molecule has 21 heavy (non-hydrogen) atoms. The number of hydrogen-bond donors (Lipinski definition) is 1. The van der Waals surface area contributed by atoms with E-state index in [0.717, 1.165) is 4.47 Å². The van der Waals surface area contributed by atoms with Gasteiger partial charge in [0, 0.05) is 10.5 Å². The Morgan fingerprint density at radius 1 is 1.33 bits per heavy atom. The molecule has 0 aliphatic carbocycles. The summed E-state index contributed by atoms with van der Waals surface area (Å²) < 4.78 is 5.92. The fourth-order valence-corrected chi connectivity index (χ4v) is 2.29. The normalized spacial score (nSPS) is 9.81. The highest BCUT2D eigenvalue weighted by molar-refractivity contribution is 9.10. The minimum Gasteiger partial charge on any atom is -0.495 e. The standard InChI is InChI=1S/C15H10BrClN2O2/c1-21-14-6-9(8-18)2-5-13(14)19-15(20)11-7-10(16)3-4-12(11)17/h2-7H,1H3,(H,19,20). The first-order valence-electron chi connectivity index (χ1n) is 5.89. The van der Waals surface area contributed by atoms with Crippen LogP contribution in [-0.4, -0.2) is 13.0 Å². The Kier molecular flexibility index (Phi) is 4.84. The van der Waals surface area contributed by atoms with Gasteiger partial charge in [-0.25, -0.2) is 0 Å². The van der Waals surface area contributed by atoms with E-state index in [0.29, 0.717) is 27.6 Å². The Labute approximate surface area is 135 Å². The second-order valence-electron chi connectivity index (χ2n) is 4.11. The number of carbonyl (C=O) groups excluding carboxylic acids is 1. The van der Waals surface area contributed by atoms with Crippen LogP contribution >= 0.6 is 27.5 Å². The number of nitriles is 1. The fourth-order valence-electron chi connectivity index (χ4n) is 1.73. The summed E-state index contributed by atoms with van der Waals surface area (Å²) in [6.07, 6.45) is 0. The maximum Gasteiger partial charge on any atom is 0.257 e. The molecule has 2 rings (SSSR count). The summed E-state index contributed by atoms with van der Waals surface area (Å²) >= 11 is 9.32. The van der Waals surface area contributed by atoms with E-state index in [2.05, 4.69) is 21.2 Å². The molecule has 0 spiro atoms. The molecule has 0 aromatic heterocycles. The molecular weight excluding hydrogens is 356 g/mol. The predicted molar refractivity (Wildman–Crippen MR) is 84.8 cm³/mol. The van der Waals surface area contributed by atoms with Gasteiger partial charge < -0.3 is 10.1 Å². The quantitative estimate of drug-likeness (QED) is 0.885. The molecule has 6 heteroatoms. The van der Waals surface area contributed by atoms with E-state index in [1.165, 1.54) is 7.11 Å². The summed E-state index contributed by atoms with van der Waals surface area (Å²) in [5.74, 6) is 0.0535. The molecule has 0 heterocycles. The van der Waals surface area contributed by atoms with Gasteiger partial charge in [-0.2, -0.15) is 5.26 Å². The van der Waals surface area contributed by atoms with Crippen LogP contribution < -0.4 is 10.1 Å². The fraction of sp³-hybridized carbons (Fsp3) is 0.0667. The van der Waals surface area contributed by atoms with Crippen LogP contribution in [0.2, 0.25) is 5.02 Å². The number of nitrogens with one attached hydrogen (secondary N) is 1. The van der Waals surface area contributed by atoms with Crippen molar-refractivity contribution in [3.05, 3.63) is 57.0 Å². The Bertz CT molecular complexity index is 741. The van der Waals surface area contributed by atoms with Crippen molar-refractivity contribution in [2.24, 2.45) is 0 Å². The molecule has 0 saturated carbocycles. The lowest BCUT2D eigenvalue weighted by Crippen LogP contribution is -2.13. The number of carbonyl (C=O) groups is 1. The molecular formula is C15H10BrClN2O2. The third kappa shape index (κ3) is 3.54. The van der Waals surface area contributed by atoms with E-state index in [-0.39, 0.29) is 5.91 Å². The van der Waals surface area contributed by atoms with Crippen molar-refractivity contribution in [3.63, 3.8) is 0 Å². The SMILES string of the molecule is COc1cc(C#N)ccc1NC(=O)c1cc(Br)ccc1Cl. The lowest BCUT2D eigenvalue weighted by molar-refractivity contribution is 0.102. The molecule has 0 aliphatic rings. The zero-order valence-corrected chi connectivity index (χ0v) is 13.3. The van der Waals surface area contributed by atoms with E-state index in [1.54, 1.807) is 36.4 Å². The van der Waals surface area contributed by atoms with Gasteiger partial charge >= 0.3 is 0 Å². The third-order valence-electron chi connectivity index (χ3n) is 2.75. The Morgan fingerprint density at radius 3 is 2.76 bits per heavy atom. The summed E-state index contributed by atoms with van der Waals surface area (Å²) in [5.41, 5.74) is 1.26. The highest BCUT2D eigenvalue weighted by Gasteiger charge is 2.13. The molecule has 0 bridgehead atoms. The summed E-state index contributed by atoms with van der Waals surface area (Å²) in [6.45, 7) is 0. The van der Waals surface area contributed by atoms with Gasteiger partial charge in [0.15, 0.2) is 0 Å². The molecule has 106 valence electrons. The zero-order chi connectivity index (χ0) is 15.4. The maximum absolute atomic E-state index is 12.3. The van der Waals surface area contributed by atoms with Gasteiger partial charge in [0.2, 0.25) is 0 Å². The smallest absolute Gasteiger partial charge is 0.257 e. The van der Waals surface area contributed by atoms with Gasteiger partial charge in [0.05, 0.1) is 35.0 Å². The molecule has 0 atom stereocenters. The Hall–Kier alpha value is -2.03. The molecule has 0 aliphatic heterocycles. The summed E-state index contributed by atoms with van der Waals surface area (Å²) in [4.78, 5) is 12.3. The first-order chi connectivity index (χ1) is 10.0. The van der Waals surface area contributed by atoms with Gasteiger partial charge in [0.1, 0.15) is 5.75 Å². The van der Waals surface area contributed by atoms with Crippen molar-refractivity contribution >= 4 is 39.1 Å². The molecule has 0 radical (unpaired) electrons. The molecule has 0 saturated heterocycles. The van der Waals surface area contributed by atoms with Crippen molar-refractivity contribution in [3.8, 4) is 11.8 Å². The van der Waals surface area contributed by atoms with Gasteiger partial charge in [-0.15, -0.1) is 0 Å². The second kappa shape index (κ2) is 6.61. The monoisotopic (exact) mass is 364 g/mol. The number of anilines is 1. The van der Waals surface area contributed by atoms with E-state index >= 15 is 0 Å². The molecule has 2 aromatic rings. The van der Waals surface area contributed by atoms with Crippen molar-refractivity contribution in [2.45, 2.75) is 0 Å². The van der Waals surface area contributed by atoms with E-state index < -0.39 is 0 Å². The average Bonchev–Trinajstić information content (AvgIpc) is 2.49.